The van der Waals surface area contributed by atoms with E-state index in [1.54, 1.807) is 19.2 Å². The highest BCUT2D eigenvalue weighted by Gasteiger charge is 2.14. The van der Waals surface area contributed by atoms with Gasteiger partial charge >= 0.3 is 0 Å². The molecule has 2 rings (SSSR count). The molecular weight excluding hydrogens is 194 g/mol. The molecule has 0 bridgehead atoms. The van der Waals surface area contributed by atoms with Gasteiger partial charge in [0.25, 0.3) is 0 Å². The number of aromatic nitrogens is 2. The van der Waals surface area contributed by atoms with Crippen LogP contribution in [0.1, 0.15) is 12.8 Å². The Morgan fingerprint density at radius 3 is 2.47 bits per heavy atom. The molecule has 1 fully saturated rings. The molecule has 0 saturated carbocycles. The molecule has 2 heterocycles. The number of piperidine rings is 1. The largest absolute Gasteiger partial charge is 0.480 e. The molecular formula is C10H15N3O2. The highest BCUT2D eigenvalue weighted by Crippen LogP contribution is 2.14. The average molecular weight is 209 g/mol. The molecule has 0 amide bonds. The molecule has 1 N–H and O–H groups in total. The second-order valence-electron chi connectivity index (χ2n) is 3.48. The quantitative estimate of drug-likeness (QED) is 0.790. The van der Waals surface area contributed by atoms with Crippen LogP contribution in [0.25, 0.3) is 0 Å². The first-order chi connectivity index (χ1) is 7.38. The number of rotatable bonds is 3. The van der Waals surface area contributed by atoms with Crippen molar-refractivity contribution in [1.82, 2.24) is 15.5 Å². The molecule has 0 spiro atoms. The molecule has 0 radical (unpaired) electrons. The summed E-state index contributed by atoms with van der Waals surface area (Å²) in [6, 6.07) is 3.54. The Bertz CT molecular complexity index is 296. The van der Waals surface area contributed by atoms with E-state index in [0.717, 1.165) is 25.9 Å². The molecule has 15 heavy (non-hydrogen) atoms. The van der Waals surface area contributed by atoms with Gasteiger partial charge in [0.2, 0.25) is 11.8 Å². The Kier molecular flexibility index (Phi) is 3.34. The molecule has 0 aliphatic carbocycles. The minimum atomic E-state index is 0.258. The third-order valence-corrected chi connectivity index (χ3v) is 2.40. The van der Waals surface area contributed by atoms with Gasteiger partial charge in [0.05, 0.1) is 7.11 Å². The third-order valence-electron chi connectivity index (χ3n) is 2.40. The Labute approximate surface area is 88.8 Å². The van der Waals surface area contributed by atoms with Crippen molar-refractivity contribution < 1.29 is 9.47 Å². The molecule has 5 nitrogen and oxygen atoms in total. The number of hydrogen-bond donors (Lipinski definition) is 1. The van der Waals surface area contributed by atoms with E-state index in [4.69, 9.17) is 9.47 Å². The Morgan fingerprint density at radius 2 is 1.87 bits per heavy atom. The van der Waals surface area contributed by atoms with Gasteiger partial charge in [-0.05, 0) is 25.9 Å². The Balaban J connectivity index is 1.91. The van der Waals surface area contributed by atoms with Crippen molar-refractivity contribution in [2.75, 3.05) is 20.2 Å². The number of nitrogens with one attached hydrogen (secondary N) is 1. The molecule has 0 unspecified atom stereocenters. The van der Waals surface area contributed by atoms with Crippen molar-refractivity contribution in [1.29, 1.82) is 0 Å². The van der Waals surface area contributed by atoms with Crippen LogP contribution in [0, 0.1) is 0 Å². The van der Waals surface area contributed by atoms with Crippen LogP contribution in [0.5, 0.6) is 11.8 Å². The number of nitrogens with zero attached hydrogens (tertiary/aromatic N) is 2. The fraction of sp³-hybridized carbons (Fsp3) is 0.600. The molecule has 1 aromatic heterocycles. The average Bonchev–Trinajstić information content (AvgIpc) is 2.31. The molecule has 5 heteroatoms. The summed E-state index contributed by atoms with van der Waals surface area (Å²) in [5.74, 6) is 1.08. The van der Waals surface area contributed by atoms with Crippen molar-refractivity contribution in [3.63, 3.8) is 0 Å². The first-order valence-corrected chi connectivity index (χ1v) is 5.13. The van der Waals surface area contributed by atoms with Gasteiger partial charge in [0.15, 0.2) is 0 Å². The fourth-order valence-corrected chi connectivity index (χ4v) is 1.56. The van der Waals surface area contributed by atoms with Crippen molar-refractivity contribution >= 4 is 0 Å². The predicted molar refractivity (Wildman–Crippen MR) is 55.1 cm³/mol. The molecule has 0 aromatic carbocycles. The SMILES string of the molecule is COc1ccc(OC2CCNCC2)nn1. The van der Waals surface area contributed by atoms with Crippen LogP contribution in [0.15, 0.2) is 12.1 Å². The Morgan fingerprint density at radius 1 is 1.20 bits per heavy atom. The van der Waals surface area contributed by atoms with Crippen LogP contribution >= 0.6 is 0 Å². The summed E-state index contributed by atoms with van der Waals surface area (Å²) in [5, 5.41) is 11.1. The van der Waals surface area contributed by atoms with E-state index in [1.165, 1.54) is 0 Å². The summed E-state index contributed by atoms with van der Waals surface area (Å²) >= 11 is 0. The number of methoxy groups -OCH3 is 1. The zero-order chi connectivity index (χ0) is 10.5. The standard InChI is InChI=1S/C10H15N3O2/c1-14-9-2-3-10(13-12-9)15-8-4-6-11-7-5-8/h2-3,8,11H,4-7H2,1H3. The van der Waals surface area contributed by atoms with Crippen LogP contribution in [-0.4, -0.2) is 36.5 Å². The van der Waals surface area contributed by atoms with E-state index in [9.17, 15) is 0 Å². The molecule has 1 saturated heterocycles. The zero-order valence-corrected chi connectivity index (χ0v) is 8.77. The summed E-state index contributed by atoms with van der Waals surface area (Å²) < 4.78 is 10.6. The first-order valence-electron chi connectivity index (χ1n) is 5.13. The topological polar surface area (TPSA) is 56.3 Å². The maximum Gasteiger partial charge on any atom is 0.233 e. The second-order valence-corrected chi connectivity index (χ2v) is 3.48. The molecule has 1 aliphatic rings. The van der Waals surface area contributed by atoms with Crippen LogP contribution in [0.3, 0.4) is 0 Å². The third kappa shape index (κ3) is 2.79. The molecule has 0 atom stereocenters. The molecule has 1 aliphatic heterocycles. The van der Waals surface area contributed by atoms with Crippen LogP contribution in [0.2, 0.25) is 0 Å². The van der Waals surface area contributed by atoms with E-state index in [2.05, 4.69) is 15.5 Å². The lowest BCUT2D eigenvalue weighted by Crippen LogP contribution is -2.34. The second kappa shape index (κ2) is 4.93. The van der Waals surface area contributed by atoms with Crippen LogP contribution in [0.4, 0.5) is 0 Å². The lowest BCUT2D eigenvalue weighted by Gasteiger charge is -2.22. The van der Waals surface area contributed by atoms with E-state index < -0.39 is 0 Å². The zero-order valence-electron chi connectivity index (χ0n) is 8.77. The summed E-state index contributed by atoms with van der Waals surface area (Å²) in [6.07, 6.45) is 2.30. The summed E-state index contributed by atoms with van der Waals surface area (Å²) in [7, 11) is 1.57. The maximum absolute atomic E-state index is 5.69. The van der Waals surface area contributed by atoms with Gasteiger partial charge in [-0.15, -0.1) is 10.2 Å². The smallest absolute Gasteiger partial charge is 0.233 e. The Hall–Kier alpha value is -1.36. The summed E-state index contributed by atoms with van der Waals surface area (Å²) in [6.45, 7) is 2.02. The van der Waals surface area contributed by atoms with Gasteiger partial charge in [-0.1, -0.05) is 0 Å². The van der Waals surface area contributed by atoms with Gasteiger partial charge in [-0.25, -0.2) is 0 Å². The van der Waals surface area contributed by atoms with Crippen molar-refractivity contribution in [2.24, 2.45) is 0 Å². The van der Waals surface area contributed by atoms with Crippen molar-refractivity contribution in [3.8, 4) is 11.8 Å². The normalized spacial score (nSPS) is 17.4. The fourth-order valence-electron chi connectivity index (χ4n) is 1.56. The van der Waals surface area contributed by atoms with E-state index in [1.807, 2.05) is 0 Å². The lowest BCUT2D eigenvalue weighted by atomic mass is 10.1. The molecule has 82 valence electrons. The van der Waals surface area contributed by atoms with Gasteiger partial charge in [-0.2, -0.15) is 0 Å². The van der Waals surface area contributed by atoms with E-state index >= 15 is 0 Å². The lowest BCUT2D eigenvalue weighted by molar-refractivity contribution is 0.153. The van der Waals surface area contributed by atoms with Gasteiger partial charge in [0, 0.05) is 12.1 Å². The maximum atomic E-state index is 5.69. The van der Waals surface area contributed by atoms with E-state index in [0.29, 0.717) is 11.8 Å². The predicted octanol–water partition coefficient (Wildman–Crippen LogP) is 0.616. The van der Waals surface area contributed by atoms with Gasteiger partial charge in [0.1, 0.15) is 6.10 Å². The highest BCUT2D eigenvalue weighted by atomic mass is 16.5. The van der Waals surface area contributed by atoms with Crippen molar-refractivity contribution in [2.45, 2.75) is 18.9 Å². The van der Waals surface area contributed by atoms with Crippen molar-refractivity contribution in [3.05, 3.63) is 12.1 Å². The minimum absolute atomic E-state index is 0.258. The van der Waals surface area contributed by atoms with E-state index in [-0.39, 0.29) is 6.10 Å². The summed E-state index contributed by atoms with van der Waals surface area (Å²) in [4.78, 5) is 0. The number of hydrogen-bond acceptors (Lipinski definition) is 5. The molecule has 1 aromatic rings. The number of ether oxygens (including phenoxy) is 2. The monoisotopic (exact) mass is 209 g/mol. The summed E-state index contributed by atoms with van der Waals surface area (Å²) in [5.41, 5.74) is 0. The van der Waals surface area contributed by atoms with Gasteiger partial charge < -0.3 is 14.8 Å². The first kappa shape index (κ1) is 10.2. The van der Waals surface area contributed by atoms with Crippen LogP contribution < -0.4 is 14.8 Å². The minimum Gasteiger partial charge on any atom is -0.480 e. The van der Waals surface area contributed by atoms with Crippen LogP contribution in [-0.2, 0) is 0 Å². The highest BCUT2D eigenvalue weighted by molar-refractivity contribution is 5.15. The van der Waals surface area contributed by atoms with Gasteiger partial charge in [-0.3, -0.25) is 0 Å².